The smallest absolute Gasteiger partial charge is 0.0601 e. The second-order valence-electron chi connectivity index (χ2n) is 6.07. The van der Waals surface area contributed by atoms with Crippen molar-refractivity contribution in [2.75, 3.05) is 33.4 Å². The summed E-state index contributed by atoms with van der Waals surface area (Å²) in [7, 11) is 2.07. The van der Waals surface area contributed by atoms with Gasteiger partial charge in [-0.25, -0.2) is 0 Å². The Labute approximate surface area is 111 Å². The van der Waals surface area contributed by atoms with Crippen molar-refractivity contribution in [1.29, 1.82) is 0 Å². The van der Waals surface area contributed by atoms with E-state index >= 15 is 0 Å². The highest BCUT2D eigenvalue weighted by atomic mass is 16.5. The standard InChI is InChI=1S/C14H30N2O2/c1-11(2)7-13(15)14(9-17)16(3)8-12-5-4-6-18-10-12/h11-14,17H,4-10,15H2,1-3H3. The molecule has 1 aliphatic heterocycles. The molecule has 18 heavy (non-hydrogen) atoms. The van der Waals surface area contributed by atoms with Crippen molar-refractivity contribution >= 4 is 0 Å². The Kier molecular flexibility index (Phi) is 7.15. The van der Waals surface area contributed by atoms with Crippen LogP contribution in [0.4, 0.5) is 0 Å². The quantitative estimate of drug-likeness (QED) is 0.717. The van der Waals surface area contributed by atoms with Crippen molar-refractivity contribution in [3.05, 3.63) is 0 Å². The van der Waals surface area contributed by atoms with E-state index in [4.69, 9.17) is 10.5 Å². The maximum atomic E-state index is 9.56. The molecule has 0 aliphatic carbocycles. The molecule has 0 aromatic heterocycles. The van der Waals surface area contributed by atoms with E-state index in [0.29, 0.717) is 11.8 Å². The van der Waals surface area contributed by atoms with Crippen molar-refractivity contribution in [2.24, 2.45) is 17.6 Å². The summed E-state index contributed by atoms with van der Waals surface area (Å²) in [5.74, 6) is 1.16. The summed E-state index contributed by atoms with van der Waals surface area (Å²) in [6, 6.07) is 0.110. The lowest BCUT2D eigenvalue weighted by atomic mass is 9.96. The second kappa shape index (κ2) is 8.10. The van der Waals surface area contributed by atoms with Crippen LogP contribution < -0.4 is 5.73 Å². The van der Waals surface area contributed by atoms with Crippen molar-refractivity contribution in [3.8, 4) is 0 Å². The second-order valence-corrected chi connectivity index (χ2v) is 6.07. The first-order valence-electron chi connectivity index (χ1n) is 7.19. The first-order valence-corrected chi connectivity index (χ1v) is 7.19. The summed E-state index contributed by atoms with van der Waals surface area (Å²) in [4.78, 5) is 2.21. The van der Waals surface area contributed by atoms with Crippen LogP contribution in [0.2, 0.25) is 0 Å². The van der Waals surface area contributed by atoms with E-state index in [-0.39, 0.29) is 18.7 Å². The van der Waals surface area contributed by atoms with Crippen molar-refractivity contribution < 1.29 is 9.84 Å². The van der Waals surface area contributed by atoms with Gasteiger partial charge in [-0.2, -0.15) is 0 Å². The maximum absolute atomic E-state index is 9.56. The van der Waals surface area contributed by atoms with Gasteiger partial charge >= 0.3 is 0 Å². The summed E-state index contributed by atoms with van der Waals surface area (Å²) in [6.45, 7) is 7.19. The van der Waals surface area contributed by atoms with E-state index in [2.05, 4.69) is 25.8 Å². The SMILES string of the molecule is CC(C)CC(N)C(CO)N(C)CC1CCCOC1. The lowest BCUT2D eigenvalue weighted by Crippen LogP contribution is -2.50. The summed E-state index contributed by atoms with van der Waals surface area (Å²) < 4.78 is 5.50. The largest absolute Gasteiger partial charge is 0.395 e. The van der Waals surface area contributed by atoms with Gasteiger partial charge in [0.2, 0.25) is 0 Å². The average Bonchev–Trinajstić information content (AvgIpc) is 2.30. The molecule has 0 spiro atoms. The number of rotatable bonds is 7. The van der Waals surface area contributed by atoms with Crippen LogP contribution in [0.1, 0.15) is 33.1 Å². The molecule has 1 saturated heterocycles. The zero-order valence-electron chi connectivity index (χ0n) is 12.1. The molecule has 0 amide bonds. The number of nitrogens with zero attached hydrogens (tertiary/aromatic N) is 1. The van der Waals surface area contributed by atoms with Crippen LogP contribution in [0.25, 0.3) is 0 Å². The monoisotopic (exact) mass is 258 g/mol. The molecule has 1 heterocycles. The molecular formula is C14H30N2O2. The van der Waals surface area contributed by atoms with Gasteiger partial charge in [0, 0.05) is 25.2 Å². The number of aliphatic hydroxyl groups is 1. The van der Waals surface area contributed by atoms with Gasteiger partial charge in [0.1, 0.15) is 0 Å². The fourth-order valence-electron chi connectivity index (χ4n) is 2.80. The number of ether oxygens (including phenoxy) is 1. The Morgan fingerprint density at radius 3 is 2.67 bits per heavy atom. The highest BCUT2D eigenvalue weighted by Crippen LogP contribution is 2.17. The lowest BCUT2D eigenvalue weighted by Gasteiger charge is -2.35. The van der Waals surface area contributed by atoms with Crippen molar-refractivity contribution in [3.63, 3.8) is 0 Å². The first-order chi connectivity index (χ1) is 8.54. The van der Waals surface area contributed by atoms with Crippen LogP contribution in [0.3, 0.4) is 0 Å². The zero-order valence-corrected chi connectivity index (χ0v) is 12.1. The minimum atomic E-state index is 0.0458. The summed E-state index contributed by atoms with van der Waals surface area (Å²) >= 11 is 0. The molecule has 0 bridgehead atoms. The summed E-state index contributed by atoms with van der Waals surface area (Å²) in [5.41, 5.74) is 6.20. The molecule has 4 heteroatoms. The van der Waals surface area contributed by atoms with E-state index in [1.807, 2.05) is 0 Å². The number of nitrogens with two attached hydrogens (primary N) is 1. The minimum absolute atomic E-state index is 0.0458. The highest BCUT2D eigenvalue weighted by molar-refractivity contribution is 4.82. The Hall–Kier alpha value is -0.160. The van der Waals surface area contributed by atoms with Gasteiger partial charge in [0.25, 0.3) is 0 Å². The van der Waals surface area contributed by atoms with Gasteiger partial charge < -0.3 is 15.6 Å². The molecule has 3 unspecified atom stereocenters. The third kappa shape index (κ3) is 5.22. The van der Waals surface area contributed by atoms with E-state index < -0.39 is 0 Å². The van der Waals surface area contributed by atoms with E-state index in [1.54, 1.807) is 0 Å². The van der Waals surface area contributed by atoms with Gasteiger partial charge in [0.15, 0.2) is 0 Å². The molecule has 0 saturated carbocycles. The maximum Gasteiger partial charge on any atom is 0.0601 e. The Balaban J connectivity index is 2.42. The lowest BCUT2D eigenvalue weighted by molar-refractivity contribution is 0.0263. The molecule has 1 aliphatic rings. The van der Waals surface area contributed by atoms with Crippen LogP contribution >= 0.6 is 0 Å². The van der Waals surface area contributed by atoms with E-state index in [9.17, 15) is 5.11 Å². The molecule has 108 valence electrons. The molecule has 0 radical (unpaired) electrons. The van der Waals surface area contributed by atoms with Gasteiger partial charge in [-0.05, 0) is 38.1 Å². The normalized spacial score (nSPS) is 24.5. The fourth-order valence-corrected chi connectivity index (χ4v) is 2.80. The van der Waals surface area contributed by atoms with E-state index in [1.165, 1.54) is 6.42 Å². The topological polar surface area (TPSA) is 58.7 Å². The van der Waals surface area contributed by atoms with Crippen LogP contribution in [-0.2, 0) is 4.74 Å². The Morgan fingerprint density at radius 2 is 2.17 bits per heavy atom. The summed E-state index contributed by atoms with van der Waals surface area (Å²) in [5, 5.41) is 9.56. The van der Waals surface area contributed by atoms with Crippen molar-refractivity contribution in [1.82, 2.24) is 4.90 Å². The Bertz CT molecular complexity index is 218. The molecule has 0 aromatic rings. The fraction of sp³-hybridized carbons (Fsp3) is 1.00. The minimum Gasteiger partial charge on any atom is -0.395 e. The van der Waals surface area contributed by atoms with E-state index in [0.717, 1.165) is 32.6 Å². The molecule has 3 atom stereocenters. The zero-order chi connectivity index (χ0) is 13.5. The molecule has 1 rings (SSSR count). The predicted octanol–water partition coefficient (Wildman–Crippen LogP) is 1.08. The number of hydrogen-bond acceptors (Lipinski definition) is 4. The number of likely N-dealkylation sites (N-methyl/N-ethyl adjacent to an activating group) is 1. The molecular weight excluding hydrogens is 228 g/mol. The Morgan fingerprint density at radius 1 is 1.44 bits per heavy atom. The highest BCUT2D eigenvalue weighted by Gasteiger charge is 2.25. The van der Waals surface area contributed by atoms with Gasteiger partial charge in [-0.15, -0.1) is 0 Å². The van der Waals surface area contributed by atoms with Crippen LogP contribution in [0.15, 0.2) is 0 Å². The predicted molar refractivity (Wildman–Crippen MR) is 74.5 cm³/mol. The van der Waals surface area contributed by atoms with Gasteiger partial charge in [-0.1, -0.05) is 13.8 Å². The molecule has 0 aromatic carbocycles. The third-order valence-corrected chi connectivity index (χ3v) is 3.79. The summed E-state index contributed by atoms with van der Waals surface area (Å²) in [6.07, 6.45) is 3.33. The number of aliphatic hydroxyl groups excluding tert-OH is 1. The average molecular weight is 258 g/mol. The molecule has 1 fully saturated rings. The van der Waals surface area contributed by atoms with Gasteiger partial charge in [-0.3, -0.25) is 4.90 Å². The van der Waals surface area contributed by atoms with Crippen molar-refractivity contribution in [2.45, 2.75) is 45.2 Å². The molecule has 3 N–H and O–H groups in total. The van der Waals surface area contributed by atoms with Gasteiger partial charge in [0.05, 0.1) is 13.2 Å². The molecule has 4 nitrogen and oxygen atoms in total. The third-order valence-electron chi connectivity index (χ3n) is 3.79. The number of hydrogen-bond donors (Lipinski definition) is 2. The van der Waals surface area contributed by atoms with Crippen LogP contribution in [0, 0.1) is 11.8 Å². The van der Waals surface area contributed by atoms with Crippen LogP contribution in [-0.4, -0.2) is 55.5 Å². The first kappa shape index (κ1) is 15.9. The van der Waals surface area contributed by atoms with Crippen LogP contribution in [0.5, 0.6) is 0 Å².